The molecule has 2 heterocycles. The normalized spacial score (nSPS) is 14.2. The SMILES string of the molecule is CCOc1ccc(NC(=O)CSc2nc3ccccc3n2C(=O)CCN2C(=O)/C(=C\c3ccccc3)SC2=S)cc1. The number of para-hydroxylation sites is 2. The molecule has 0 saturated carbocycles. The van der Waals surface area contributed by atoms with Crippen molar-refractivity contribution in [3.63, 3.8) is 0 Å². The minimum atomic E-state index is -0.241. The molecule has 208 valence electrons. The van der Waals surface area contributed by atoms with Gasteiger partial charge in [0.25, 0.3) is 5.91 Å². The lowest BCUT2D eigenvalue weighted by atomic mass is 10.2. The van der Waals surface area contributed by atoms with Crippen LogP contribution in [-0.2, 0) is 9.59 Å². The summed E-state index contributed by atoms with van der Waals surface area (Å²) >= 11 is 7.86. The van der Waals surface area contributed by atoms with E-state index in [4.69, 9.17) is 17.0 Å². The summed E-state index contributed by atoms with van der Waals surface area (Å²) in [5.41, 5.74) is 2.84. The van der Waals surface area contributed by atoms with E-state index in [9.17, 15) is 14.4 Å². The second-order valence-electron chi connectivity index (χ2n) is 8.90. The van der Waals surface area contributed by atoms with Crippen molar-refractivity contribution in [2.75, 3.05) is 24.2 Å². The molecule has 1 aromatic heterocycles. The Labute approximate surface area is 251 Å². The summed E-state index contributed by atoms with van der Waals surface area (Å²) in [6.07, 6.45) is 1.84. The van der Waals surface area contributed by atoms with Gasteiger partial charge < -0.3 is 10.1 Å². The Kier molecular flexibility index (Phi) is 9.17. The molecular weight excluding hydrogens is 577 g/mol. The van der Waals surface area contributed by atoms with Gasteiger partial charge in [-0.2, -0.15) is 0 Å². The van der Waals surface area contributed by atoms with Crippen LogP contribution in [0.2, 0.25) is 0 Å². The molecule has 2 amide bonds. The van der Waals surface area contributed by atoms with Gasteiger partial charge in [0.05, 0.1) is 28.3 Å². The molecule has 0 atom stereocenters. The topological polar surface area (TPSA) is 93.5 Å². The van der Waals surface area contributed by atoms with Crippen LogP contribution in [0, 0.1) is 0 Å². The lowest BCUT2D eigenvalue weighted by Crippen LogP contribution is -2.31. The third-order valence-corrected chi connectivity index (χ3v) is 8.40. The molecule has 1 fully saturated rings. The first-order valence-electron chi connectivity index (χ1n) is 12.9. The second-order valence-corrected chi connectivity index (χ2v) is 11.5. The zero-order chi connectivity index (χ0) is 28.8. The number of benzene rings is 3. The smallest absolute Gasteiger partial charge is 0.266 e. The van der Waals surface area contributed by atoms with Crippen molar-refractivity contribution in [3.05, 3.63) is 89.3 Å². The monoisotopic (exact) mass is 602 g/mol. The molecule has 3 aromatic carbocycles. The van der Waals surface area contributed by atoms with Crippen LogP contribution in [-0.4, -0.2) is 55.4 Å². The number of carbonyl (C=O) groups excluding carboxylic acids is 3. The van der Waals surface area contributed by atoms with E-state index in [0.29, 0.717) is 37.7 Å². The van der Waals surface area contributed by atoms with E-state index in [1.165, 1.54) is 33.0 Å². The number of carbonyl (C=O) groups is 3. The third kappa shape index (κ3) is 6.87. The fourth-order valence-electron chi connectivity index (χ4n) is 4.18. The Morgan fingerprint density at radius 2 is 1.78 bits per heavy atom. The lowest BCUT2D eigenvalue weighted by molar-refractivity contribution is -0.122. The van der Waals surface area contributed by atoms with E-state index in [1.54, 1.807) is 30.3 Å². The predicted molar refractivity (Wildman–Crippen MR) is 168 cm³/mol. The number of thiocarbonyl (C=S) groups is 1. The maximum atomic E-state index is 13.5. The number of fused-ring (bicyclic) bond motifs is 1. The van der Waals surface area contributed by atoms with Gasteiger partial charge in [-0.25, -0.2) is 4.98 Å². The number of thioether (sulfide) groups is 2. The fraction of sp³-hybridized carbons (Fsp3) is 0.167. The summed E-state index contributed by atoms with van der Waals surface area (Å²) in [5.74, 6) is 0.100. The molecule has 4 aromatic rings. The molecule has 5 rings (SSSR count). The van der Waals surface area contributed by atoms with Crippen LogP contribution in [0.5, 0.6) is 5.75 Å². The quantitative estimate of drug-likeness (QED) is 0.132. The molecule has 11 heteroatoms. The highest BCUT2D eigenvalue weighted by atomic mass is 32.2. The standard InChI is InChI=1S/C30H26N4O4S3/c1-2-38-22-14-12-21(13-15-22)31-26(35)19-40-29-32-23-10-6-7-11-24(23)34(29)27(36)16-17-33-28(37)25(41-30(33)39)18-20-8-4-3-5-9-20/h3-15,18H,2,16-17,19H2,1H3,(H,31,35)/b25-18+. The summed E-state index contributed by atoms with van der Waals surface area (Å²) in [7, 11) is 0. The Morgan fingerprint density at radius 1 is 1.05 bits per heavy atom. The Balaban J connectivity index is 1.25. The molecule has 0 aliphatic carbocycles. The van der Waals surface area contributed by atoms with Gasteiger partial charge in [0, 0.05) is 18.7 Å². The van der Waals surface area contributed by atoms with Crippen molar-refractivity contribution in [1.82, 2.24) is 14.5 Å². The molecule has 1 aliphatic rings. The number of hydrogen-bond acceptors (Lipinski definition) is 8. The van der Waals surface area contributed by atoms with E-state index < -0.39 is 0 Å². The Hall–Kier alpha value is -3.93. The highest BCUT2D eigenvalue weighted by Gasteiger charge is 2.32. The van der Waals surface area contributed by atoms with Gasteiger partial charge in [-0.05, 0) is 55.0 Å². The number of hydrogen-bond donors (Lipinski definition) is 1. The van der Waals surface area contributed by atoms with E-state index in [2.05, 4.69) is 10.3 Å². The van der Waals surface area contributed by atoms with Crippen LogP contribution < -0.4 is 10.1 Å². The molecule has 1 N–H and O–H groups in total. The molecule has 0 bridgehead atoms. The van der Waals surface area contributed by atoms with Gasteiger partial charge in [-0.15, -0.1) is 0 Å². The van der Waals surface area contributed by atoms with Crippen molar-refractivity contribution in [2.24, 2.45) is 0 Å². The molecule has 0 radical (unpaired) electrons. The van der Waals surface area contributed by atoms with Gasteiger partial charge in [0.1, 0.15) is 10.1 Å². The van der Waals surface area contributed by atoms with E-state index in [1.807, 2.05) is 61.5 Å². The zero-order valence-corrected chi connectivity index (χ0v) is 24.6. The summed E-state index contributed by atoms with van der Waals surface area (Å²) in [4.78, 5) is 45.8. The van der Waals surface area contributed by atoms with Crippen LogP contribution in [0.1, 0.15) is 23.7 Å². The first kappa shape index (κ1) is 28.6. The predicted octanol–water partition coefficient (Wildman–Crippen LogP) is 6.10. The van der Waals surface area contributed by atoms with Crippen molar-refractivity contribution in [2.45, 2.75) is 18.5 Å². The van der Waals surface area contributed by atoms with Gasteiger partial charge in [0.2, 0.25) is 11.8 Å². The number of nitrogens with one attached hydrogen (secondary N) is 1. The zero-order valence-electron chi connectivity index (χ0n) is 22.1. The number of rotatable bonds is 10. The summed E-state index contributed by atoms with van der Waals surface area (Å²) < 4.78 is 7.37. The number of anilines is 1. The summed E-state index contributed by atoms with van der Waals surface area (Å²) in [5, 5.41) is 3.26. The van der Waals surface area contributed by atoms with Crippen molar-refractivity contribution in [1.29, 1.82) is 0 Å². The summed E-state index contributed by atoms with van der Waals surface area (Å²) in [6.45, 7) is 2.62. The summed E-state index contributed by atoms with van der Waals surface area (Å²) in [6, 6.07) is 24.0. The number of imidazole rings is 1. The Morgan fingerprint density at radius 3 is 2.54 bits per heavy atom. The minimum absolute atomic E-state index is 0.0390. The van der Waals surface area contributed by atoms with E-state index >= 15 is 0 Å². The Bertz CT molecular complexity index is 1630. The van der Waals surface area contributed by atoms with Crippen molar-refractivity contribution in [3.8, 4) is 5.75 Å². The number of aromatic nitrogens is 2. The van der Waals surface area contributed by atoms with Crippen LogP contribution in [0.3, 0.4) is 0 Å². The number of ether oxygens (including phenoxy) is 1. The average molecular weight is 603 g/mol. The lowest BCUT2D eigenvalue weighted by Gasteiger charge is -2.15. The van der Waals surface area contributed by atoms with Crippen LogP contribution in [0.4, 0.5) is 5.69 Å². The van der Waals surface area contributed by atoms with E-state index in [0.717, 1.165) is 11.3 Å². The van der Waals surface area contributed by atoms with Gasteiger partial charge >= 0.3 is 0 Å². The highest BCUT2D eigenvalue weighted by Crippen LogP contribution is 2.33. The molecule has 0 spiro atoms. The maximum absolute atomic E-state index is 13.5. The minimum Gasteiger partial charge on any atom is -0.494 e. The van der Waals surface area contributed by atoms with Crippen molar-refractivity contribution >= 4 is 80.6 Å². The average Bonchev–Trinajstić information content (AvgIpc) is 3.48. The second kappa shape index (κ2) is 13.2. The third-order valence-electron chi connectivity index (χ3n) is 6.08. The first-order valence-corrected chi connectivity index (χ1v) is 15.1. The van der Waals surface area contributed by atoms with Crippen LogP contribution >= 0.6 is 35.7 Å². The van der Waals surface area contributed by atoms with Crippen molar-refractivity contribution < 1.29 is 19.1 Å². The fourth-order valence-corrected chi connectivity index (χ4v) is 6.32. The van der Waals surface area contributed by atoms with Crippen LogP contribution in [0.15, 0.2) is 88.9 Å². The highest BCUT2D eigenvalue weighted by molar-refractivity contribution is 8.26. The van der Waals surface area contributed by atoms with Gasteiger partial charge in [0.15, 0.2) is 5.16 Å². The first-order chi connectivity index (χ1) is 19.9. The molecule has 1 aliphatic heterocycles. The van der Waals surface area contributed by atoms with Gasteiger partial charge in [-0.1, -0.05) is 78.2 Å². The molecule has 8 nitrogen and oxygen atoms in total. The molecule has 0 unspecified atom stereocenters. The van der Waals surface area contributed by atoms with Gasteiger partial charge in [-0.3, -0.25) is 23.9 Å². The molecule has 1 saturated heterocycles. The molecule has 41 heavy (non-hydrogen) atoms. The molecular formula is C30H26N4O4S3. The van der Waals surface area contributed by atoms with Crippen LogP contribution in [0.25, 0.3) is 17.1 Å². The van der Waals surface area contributed by atoms with E-state index in [-0.39, 0.29) is 36.4 Å². The maximum Gasteiger partial charge on any atom is 0.266 e. The largest absolute Gasteiger partial charge is 0.494 e. The number of amides is 2. The number of nitrogens with zero attached hydrogens (tertiary/aromatic N) is 3.